The molecule has 0 spiro atoms. The molecule has 1 aromatic carbocycles. The number of piperidine rings is 2. The van der Waals surface area contributed by atoms with Crippen LogP contribution in [0.15, 0.2) is 36.5 Å². The second-order valence-electron chi connectivity index (χ2n) is 12.6. The van der Waals surface area contributed by atoms with Gasteiger partial charge in [-0.1, -0.05) is 6.07 Å². The molecule has 1 saturated carbocycles. The van der Waals surface area contributed by atoms with Crippen LogP contribution < -0.4 is 10.2 Å². The quantitative estimate of drug-likeness (QED) is 0.401. The number of anilines is 2. The number of aliphatic carboxylic acids is 1. The molecule has 3 fully saturated rings. The van der Waals surface area contributed by atoms with Crippen molar-refractivity contribution < 1.29 is 14.3 Å². The maximum absolute atomic E-state index is 13.7. The van der Waals surface area contributed by atoms with E-state index in [0.717, 1.165) is 80.3 Å². The molecular weight excluding hydrogens is 507 g/mol. The van der Waals surface area contributed by atoms with E-state index < -0.39 is 11.4 Å². The minimum Gasteiger partial charge on any atom is -0.481 e. The molecule has 6 rings (SSSR count). The Bertz CT molecular complexity index is 1380. The monoisotopic (exact) mass is 548 g/mol. The summed E-state index contributed by atoms with van der Waals surface area (Å²) in [6, 6.07) is 9.36. The molecule has 3 aromatic rings. The number of likely N-dealkylation sites (tertiary alicyclic amines) is 1. The van der Waals surface area contributed by atoms with Gasteiger partial charge in [-0.15, -0.1) is 0 Å². The van der Waals surface area contributed by atoms with Crippen molar-refractivity contribution in [3.8, 4) is 0 Å². The van der Waals surface area contributed by atoms with Crippen LogP contribution in [0.3, 0.4) is 0 Å². The van der Waals surface area contributed by atoms with Gasteiger partial charge in [0.15, 0.2) is 5.65 Å². The maximum atomic E-state index is 13.7. The van der Waals surface area contributed by atoms with Crippen LogP contribution in [-0.4, -0.2) is 62.8 Å². The van der Waals surface area contributed by atoms with Crippen molar-refractivity contribution in [3.63, 3.8) is 0 Å². The van der Waals surface area contributed by atoms with Crippen molar-refractivity contribution in [1.29, 1.82) is 0 Å². The van der Waals surface area contributed by atoms with E-state index in [9.17, 15) is 14.3 Å². The number of fused-ring (bicyclic) bond motifs is 1. The number of aromatic nitrogens is 3. The highest BCUT2D eigenvalue weighted by atomic mass is 19.1. The van der Waals surface area contributed by atoms with Crippen LogP contribution in [0.4, 0.5) is 16.0 Å². The van der Waals surface area contributed by atoms with Crippen molar-refractivity contribution in [2.24, 2.45) is 17.3 Å². The first-order chi connectivity index (χ1) is 19.2. The number of carbonyl (C=O) groups is 1. The minimum atomic E-state index is -0.647. The molecule has 2 saturated heterocycles. The average molecular weight is 549 g/mol. The number of halogens is 1. The van der Waals surface area contributed by atoms with Gasteiger partial charge in [0.2, 0.25) is 0 Å². The van der Waals surface area contributed by atoms with Gasteiger partial charge in [-0.2, -0.15) is 9.61 Å². The van der Waals surface area contributed by atoms with Gasteiger partial charge in [-0.05, 0) is 101 Å². The fourth-order valence-electron chi connectivity index (χ4n) is 7.36. The number of carboxylic acid groups (broad SMARTS) is 1. The molecule has 3 aliphatic rings. The molecule has 40 heavy (non-hydrogen) atoms. The van der Waals surface area contributed by atoms with Gasteiger partial charge in [0.05, 0.1) is 17.7 Å². The summed E-state index contributed by atoms with van der Waals surface area (Å²) in [6.45, 7) is 10.1. The molecule has 1 aliphatic carbocycles. The Hall–Kier alpha value is -3.20. The molecule has 0 radical (unpaired) electrons. The van der Waals surface area contributed by atoms with Gasteiger partial charge in [0, 0.05) is 37.8 Å². The van der Waals surface area contributed by atoms with Gasteiger partial charge in [-0.25, -0.2) is 9.37 Å². The van der Waals surface area contributed by atoms with E-state index in [1.165, 1.54) is 18.9 Å². The number of hydrogen-bond donors (Lipinski definition) is 2. The molecule has 0 unspecified atom stereocenters. The third-order valence-corrected chi connectivity index (χ3v) is 9.83. The third-order valence-electron chi connectivity index (χ3n) is 9.83. The smallest absolute Gasteiger partial charge is 0.309 e. The lowest BCUT2D eigenvalue weighted by Crippen LogP contribution is -2.56. The molecule has 2 N–H and O–H groups in total. The van der Waals surface area contributed by atoms with E-state index in [-0.39, 0.29) is 11.9 Å². The lowest BCUT2D eigenvalue weighted by Gasteiger charge is -2.51. The third kappa shape index (κ3) is 5.16. The zero-order valence-electron chi connectivity index (χ0n) is 23.8. The van der Waals surface area contributed by atoms with Crippen LogP contribution in [0.5, 0.6) is 0 Å². The summed E-state index contributed by atoms with van der Waals surface area (Å²) in [5.41, 5.74) is 2.25. The fourth-order valence-corrected chi connectivity index (χ4v) is 7.36. The molecule has 2 atom stereocenters. The summed E-state index contributed by atoms with van der Waals surface area (Å²) in [5.74, 6) is 2.36. The Morgan fingerprint density at radius 1 is 1.12 bits per heavy atom. The van der Waals surface area contributed by atoms with Crippen LogP contribution >= 0.6 is 0 Å². The number of nitrogens with one attached hydrogen (secondary N) is 1. The zero-order chi connectivity index (χ0) is 28.0. The Morgan fingerprint density at radius 3 is 2.62 bits per heavy atom. The van der Waals surface area contributed by atoms with Crippen molar-refractivity contribution in [2.45, 2.75) is 71.4 Å². The Kier molecular flexibility index (Phi) is 7.19. The minimum absolute atomic E-state index is 0.0210. The van der Waals surface area contributed by atoms with Crippen LogP contribution in [0.2, 0.25) is 0 Å². The zero-order valence-corrected chi connectivity index (χ0v) is 23.8. The first-order valence-corrected chi connectivity index (χ1v) is 14.8. The molecule has 2 aromatic heterocycles. The predicted octanol–water partition coefficient (Wildman–Crippen LogP) is 5.53. The fraction of sp³-hybridized carbons (Fsp3) is 0.581. The predicted molar refractivity (Wildman–Crippen MR) is 154 cm³/mol. The highest BCUT2D eigenvalue weighted by Gasteiger charge is 2.49. The lowest BCUT2D eigenvalue weighted by molar-refractivity contribution is -0.158. The van der Waals surface area contributed by atoms with E-state index >= 15 is 0 Å². The summed E-state index contributed by atoms with van der Waals surface area (Å²) >= 11 is 0. The Balaban J connectivity index is 1.10. The second kappa shape index (κ2) is 10.7. The maximum Gasteiger partial charge on any atom is 0.309 e. The van der Waals surface area contributed by atoms with Gasteiger partial charge in [-0.3, -0.25) is 4.79 Å². The first-order valence-electron chi connectivity index (χ1n) is 14.8. The molecule has 8 nitrogen and oxygen atoms in total. The van der Waals surface area contributed by atoms with Crippen LogP contribution in [-0.2, 0) is 4.79 Å². The number of carboxylic acids is 1. The molecule has 0 bridgehead atoms. The second-order valence-corrected chi connectivity index (χ2v) is 12.6. The van der Waals surface area contributed by atoms with E-state index in [2.05, 4.69) is 33.2 Å². The van der Waals surface area contributed by atoms with E-state index in [1.807, 2.05) is 30.5 Å². The summed E-state index contributed by atoms with van der Waals surface area (Å²) in [6.07, 6.45) is 8.13. The highest BCUT2D eigenvalue weighted by Crippen LogP contribution is 2.45. The van der Waals surface area contributed by atoms with Crippen molar-refractivity contribution in [2.75, 3.05) is 36.4 Å². The lowest BCUT2D eigenvalue weighted by atomic mass is 9.65. The molecule has 0 amide bonds. The van der Waals surface area contributed by atoms with Gasteiger partial charge in [0.25, 0.3) is 0 Å². The van der Waals surface area contributed by atoms with Gasteiger partial charge < -0.3 is 20.2 Å². The normalized spacial score (nSPS) is 26.9. The highest BCUT2D eigenvalue weighted by molar-refractivity contribution is 5.75. The average Bonchev–Trinajstić information content (AvgIpc) is 3.40. The summed E-state index contributed by atoms with van der Waals surface area (Å²) in [7, 11) is 0. The number of benzene rings is 1. The topological polar surface area (TPSA) is 86.0 Å². The van der Waals surface area contributed by atoms with Crippen LogP contribution in [0.25, 0.3) is 5.65 Å². The summed E-state index contributed by atoms with van der Waals surface area (Å²) in [5, 5.41) is 17.6. The number of aryl methyl sites for hydroxylation is 1. The molecular formula is C31H41FN6O2. The largest absolute Gasteiger partial charge is 0.481 e. The van der Waals surface area contributed by atoms with E-state index in [0.29, 0.717) is 17.9 Å². The molecule has 214 valence electrons. The SMILES string of the molecule is Cc1cc(F)ccc1[C@@H](C)Nc1cc(N2CCC([C@H]3CCCN(C4CC(C)(C(=O)O)C4)C3)CC2)nc2ccnn12. The van der Waals surface area contributed by atoms with Crippen molar-refractivity contribution in [1.82, 2.24) is 19.5 Å². The molecule has 9 heteroatoms. The summed E-state index contributed by atoms with van der Waals surface area (Å²) in [4.78, 5) is 21.5. The van der Waals surface area contributed by atoms with Gasteiger partial charge >= 0.3 is 5.97 Å². The van der Waals surface area contributed by atoms with Crippen LogP contribution in [0.1, 0.15) is 69.5 Å². The van der Waals surface area contributed by atoms with E-state index in [4.69, 9.17) is 4.98 Å². The van der Waals surface area contributed by atoms with E-state index in [1.54, 1.807) is 12.3 Å². The van der Waals surface area contributed by atoms with Crippen molar-refractivity contribution >= 4 is 23.3 Å². The standard InChI is InChI=1S/C31H41FN6O2/c1-20-15-24(32)6-7-26(20)21(2)34-29-16-28(35-27-8-11-33-38(27)29)36-13-9-22(10-14-36)23-5-4-12-37(19-23)25-17-31(3,18-25)30(39)40/h6-8,11,15-16,21-23,25,34H,4-5,9-10,12-14,17-19H2,1-3H3,(H,39,40)/t21-,23+,25?,31?/m1/s1. The number of hydrogen-bond acceptors (Lipinski definition) is 6. The van der Waals surface area contributed by atoms with Crippen LogP contribution in [0, 0.1) is 30.0 Å². The number of rotatable bonds is 7. The number of nitrogens with zero attached hydrogens (tertiary/aromatic N) is 5. The molecule has 4 heterocycles. The van der Waals surface area contributed by atoms with Crippen molar-refractivity contribution in [3.05, 3.63) is 53.5 Å². The molecule has 2 aliphatic heterocycles. The summed E-state index contributed by atoms with van der Waals surface area (Å²) < 4.78 is 15.5. The van der Waals surface area contributed by atoms with Gasteiger partial charge in [0.1, 0.15) is 17.5 Å². The Labute approximate surface area is 235 Å². The first kappa shape index (κ1) is 27.0. The Morgan fingerprint density at radius 2 is 1.90 bits per heavy atom.